The van der Waals surface area contributed by atoms with Gasteiger partial charge >= 0.3 is 0 Å². The van der Waals surface area contributed by atoms with Crippen molar-refractivity contribution in [1.29, 1.82) is 0 Å². The highest BCUT2D eigenvalue weighted by molar-refractivity contribution is 6.35. The third-order valence-electron chi connectivity index (χ3n) is 13.1. The minimum atomic E-state index is 1.11. The van der Waals surface area contributed by atoms with E-state index in [-0.39, 0.29) is 0 Å². The lowest BCUT2D eigenvalue weighted by atomic mass is 9.88. The molecule has 0 aromatic heterocycles. The Morgan fingerprint density at radius 1 is 0.242 bits per heavy atom. The quantitative estimate of drug-likeness (QED) is 0.0769. The first-order valence-electron chi connectivity index (χ1n) is 22.9. The first-order valence-corrected chi connectivity index (χ1v) is 22.9. The molecule has 0 aliphatic rings. The van der Waals surface area contributed by atoms with Crippen LogP contribution in [0.1, 0.15) is 44.5 Å². The smallest absolute Gasteiger partial charge is 0.0540 e. The number of fused-ring (bicyclic) bond motifs is 2. The fourth-order valence-corrected chi connectivity index (χ4v) is 9.52. The summed E-state index contributed by atoms with van der Waals surface area (Å²) < 4.78 is 0. The number of benzene rings is 11. The topological polar surface area (TPSA) is 6.48 Å². The second-order valence-corrected chi connectivity index (χ2v) is 17.7. The van der Waals surface area contributed by atoms with E-state index in [9.17, 15) is 0 Å². The van der Waals surface area contributed by atoms with Crippen LogP contribution in [0.2, 0.25) is 0 Å². The molecule has 0 saturated heterocycles. The van der Waals surface area contributed by atoms with E-state index in [4.69, 9.17) is 0 Å². The molecule has 0 atom stereocenters. The van der Waals surface area contributed by atoms with Gasteiger partial charge in [0.05, 0.1) is 11.4 Å². The van der Waals surface area contributed by atoms with Gasteiger partial charge in [-0.2, -0.15) is 0 Å². The zero-order chi connectivity index (χ0) is 44.7. The summed E-state index contributed by atoms with van der Waals surface area (Å²) in [7, 11) is 0. The van der Waals surface area contributed by atoms with E-state index in [1.54, 1.807) is 0 Å². The summed E-state index contributed by atoms with van der Waals surface area (Å²) in [5.74, 6) is 0. The van der Waals surface area contributed by atoms with Crippen molar-refractivity contribution in [3.8, 4) is 0 Å². The number of hydrogen-bond acceptors (Lipinski definition) is 2. The average molecular weight is 847 g/mol. The van der Waals surface area contributed by atoms with Crippen molar-refractivity contribution < 1.29 is 0 Å². The molecule has 0 bridgehead atoms. The van der Waals surface area contributed by atoms with E-state index < -0.39 is 0 Å². The van der Waals surface area contributed by atoms with Crippen LogP contribution in [0.25, 0.3) is 67.4 Å². The molecule has 11 aromatic carbocycles. The van der Waals surface area contributed by atoms with Gasteiger partial charge in [-0.25, -0.2) is 0 Å². The molecule has 11 aromatic rings. The maximum absolute atomic E-state index is 2.41. The number of anilines is 6. The van der Waals surface area contributed by atoms with Crippen LogP contribution >= 0.6 is 0 Å². The van der Waals surface area contributed by atoms with Crippen molar-refractivity contribution in [2.75, 3.05) is 9.80 Å². The number of nitrogens with zero attached hydrogens (tertiary/aromatic N) is 2. The summed E-state index contributed by atoms with van der Waals surface area (Å²) >= 11 is 0. The molecular weight excluding hydrogens is 797 g/mol. The lowest BCUT2D eigenvalue weighted by Gasteiger charge is -2.29. The van der Waals surface area contributed by atoms with E-state index in [1.807, 2.05) is 0 Å². The fourth-order valence-electron chi connectivity index (χ4n) is 9.52. The van der Waals surface area contributed by atoms with Crippen LogP contribution in [0.3, 0.4) is 0 Å². The second-order valence-electron chi connectivity index (χ2n) is 17.7. The summed E-state index contributed by atoms with van der Waals surface area (Å²) in [6.07, 6.45) is 8.75. The minimum Gasteiger partial charge on any atom is -0.310 e. The summed E-state index contributed by atoms with van der Waals surface area (Å²) in [6, 6.07) is 76.0. The van der Waals surface area contributed by atoms with Crippen LogP contribution in [0.4, 0.5) is 34.1 Å². The number of aryl methyl sites for hydroxylation is 4. The molecule has 0 aliphatic heterocycles. The highest BCUT2D eigenvalue weighted by Gasteiger charge is 2.22. The van der Waals surface area contributed by atoms with Crippen molar-refractivity contribution in [3.63, 3.8) is 0 Å². The average Bonchev–Trinajstić information content (AvgIpc) is 3.35. The third-order valence-corrected chi connectivity index (χ3v) is 13.1. The SMILES string of the molecule is Cc1ccc(C=Cc2ccc(N(c3ccc(C)cc3)c3ccc4c5ccc(N(c6ccc(C)cc6)c6ccc(C=Cc7ccc(C)cc7)cc6)c6cccc(c7cccc3c74)c65)cc2)cc1. The number of rotatable bonds is 10. The van der Waals surface area contributed by atoms with Crippen molar-refractivity contribution in [1.82, 2.24) is 0 Å². The Hall–Kier alpha value is -8.20. The summed E-state index contributed by atoms with van der Waals surface area (Å²) in [4.78, 5) is 4.83. The van der Waals surface area contributed by atoms with Gasteiger partial charge in [-0.3, -0.25) is 0 Å². The van der Waals surface area contributed by atoms with Crippen molar-refractivity contribution in [2.24, 2.45) is 0 Å². The minimum absolute atomic E-state index is 1.11. The van der Waals surface area contributed by atoms with Gasteiger partial charge < -0.3 is 9.80 Å². The molecule has 2 heteroatoms. The van der Waals surface area contributed by atoms with Crippen LogP contribution < -0.4 is 9.80 Å². The predicted molar refractivity (Wildman–Crippen MR) is 287 cm³/mol. The zero-order valence-electron chi connectivity index (χ0n) is 37.8. The van der Waals surface area contributed by atoms with E-state index in [0.717, 1.165) is 45.3 Å². The molecule has 66 heavy (non-hydrogen) atoms. The molecule has 0 N–H and O–H groups in total. The molecule has 0 heterocycles. The normalized spacial score (nSPS) is 11.8. The predicted octanol–water partition coefficient (Wildman–Crippen LogP) is 18.3. The van der Waals surface area contributed by atoms with Crippen LogP contribution in [0, 0.1) is 27.7 Å². The molecule has 2 nitrogen and oxygen atoms in total. The van der Waals surface area contributed by atoms with Gasteiger partial charge in [0.15, 0.2) is 0 Å². The molecule has 0 radical (unpaired) electrons. The highest BCUT2D eigenvalue weighted by Crippen LogP contribution is 2.49. The van der Waals surface area contributed by atoms with Gasteiger partial charge in [0, 0.05) is 33.5 Å². The molecule has 0 amide bonds. The fraction of sp³-hybridized carbons (Fsp3) is 0.0625. The monoisotopic (exact) mass is 846 g/mol. The Morgan fingerprint density at radius 3 is 0.803 bits per heavy atom. The van der Waals surface area contributed by atoms with Gasteiger partial charge in [0.25, 0.3) is 0 Å². The molecule has 11 rings (SSSR count). The van der Waals surface area contributed by atoms with Crippen LogP contribution in [0.15, 0.2) is 206 Å². The molecule has 0 unspecified atom stereocenters. The van der Waals surface area contributed by atoms with E-state index >= 15 is 0 Å². The van der Waals surface area contributed by atoms with Gasteiger partial charge in [0.2, 0.25) is 0 Å². The van der Waals surface area contributed by atoms with Crippen molar-refractivity contribution in [3.05, 3.63) is 251 Å². The molecule has 0 spiro atoms. The third kappa shape index (κ3) is 7.67. The Labute approximate surface area is 388 Å². The highest BCUT2D eigenvalue weighted by atomic mass is 15.1. The van der Waals surface area contributed by atoms with Crippen molar-refractivity contribution >= 4 is 102 Å². The molecule has 0 fully saturated rings. The lowest BCUT2D eigenvalue weighted by molar-refractivity contribution is 1.29. The molecule has 0 aliphatic carbocycles. The second kappa shape index (κ2) is 17.1. The van der Waals surface area contributed by atoms with Gasteiger partial charge in [0.1, 0.15) is 0 Å². The Bertz CT molecular complexity index is 3300. The first kappa shape index (κ1) is 40.6. The summed E-state index contributed by atoms with van der Waals surface area (Å²) in [6.45, 7) is 8.55. The Morgan fingerprint density at radius 2 is 0.485 bits per heavy atom. The van der Waals surface area contributed by atoms with Crippen molar-refractivity contribution in [2.45, 2.75) is 27.7 Å². The standard InChI is InChI=1S/C64H50N2/c1-43-11-19-47(20-12-43)23-25-49-27-35-53(36-28-49)65(51-31-15-45(3)16-32-51)61-41-39-57-58-40-42-62(60-10-6-8-56(64(58)60)55-7-5-9-59(61)63(55)57)66(52-33-17-46(4)18-34-52)54-37-29-50(30-38-54)26-24-48-21-13-44(2)14-22-48/h5-42H,1-4H3. The number of hydrogen-bond donors (Lipinski definition) is 0. The van der Waals surface area contributed by atoms with Gasteiger partial charge in [-0.15, -0.1) is 0 Å². The summed E-state index contributed by atoms with van der Waals surface area (Å²) in [5, 5.41) is 10.0. The lowest BCUT2D eigenvalue weighted by Crippen LogP contribution is -2.11. The summed E-state index contributed by atoms with van der Waals surface area (Å²) in [5.41, 5.74) is 16.5. The van der Waals surface area contributed by atoms with E-state index in [1.165, 1.54) is 76.5 Å². The zero-order valence-corrected chi connectivity index (χ0v) is 37.8. The first-order chi connectivity index (χ1) is 32.3. The Balaban J connectivity index is 1.03. The molecule has 0 saturated carbocycles. The molecular formula is C64H50N2. The van der Waals surface area contributed by atoms with E-state index in [2.05, 4.69) is 268 Å². The largest absolute Gasteiger partial charge is 0.310 e. The molecule has 316 valence electrons. The van der Waals surface area contributed by atoms with Crippen LogP contribution in [0.5, 0.6) is 0 Å². The Kier molecular flexibility index (Phi) is 10.5. The van der Waals surface area contributed by atoms with Gasteiger partial charge in [-0.05, 0) is 143 Å². The van der Waals surface area contributed by atoms with Crippen LogP contribution in [-0.4, -0.2) is 0 Å². The maximum atomic E-state index is 2.41. The van der Waals surface area contributed by atoms with E-state index in [0.29, 0.717) is 0 Å². The van der Waals surface area contributed by atoms with Gasteiger partial charge in [-0.1, -0.05) is 192 Å². The maximum Gasteiger partial charge on any atom is 0.0540 e. The van der Waals surface area contributed by atoms with Crippen LogP contribution in [-0.2, 0) is 0 Å².